The molecular weight excluding hydrogens is 320 g/mol. The Labute approximate surface area is 129 Å². The van der Waals surface area contributed by atoms with Crippen molar-refractivity contribution < 1.29 is 19.1 Å². The zero-order chi connectivity index (χ0) is 15.6. The lowest BCUT2D eigenvalue weighted by molar-refractivity contribution is 0.0698. The van der Waals surface area contributed by atoms with Gasteiger partial charge in [-0.2, -0.15) is 0 Å². The molecule has 1 amide bonds. The van der Waals surface area contributed by atoms with E-state index in [1.165, 1.54) is 30.3 Å². The van der Waals surface area contributed by atoms with Gasteiger partial charge in [0.15, 0.2) is 0 Å². The lowest BCUT2D eigenvalue weighted by atomic mass is 10.1. The zero-order valence-corrected chi connectivity index (χ0v) is 11.9. The van der Waals surface area contributed by atoms with E-state index in [-0.39, 0.29) is 26.9 Å². The van der Waals surface area contributed by atoms with E-state index < -0.39 is 17.7 Å². The topological polar surface area (TPSA) is 66.4 Å². The predicted molar refractivity (Wildman–Crippen MR) is 77.8 cm³/mol. The van der Waals surface area contributed by atoms with Gasteiger partial charge in [-0.05, 0) is 36.4 Å². The lowest BCUT2D eigenvalue weighted by Gasteiger charge is -2.09. The second-order valence-electron chi connectivity index (χ2n) is 4.07. The molecule has 2 rings (SSSR count). The molecule has 4 nitrogen and oxygen atoms in total. The highest BCUT2D eigenvalue weighted by Crippen LogP contribution is 2.23. The van der Waals surface area contributed by atoms with Crippen molar-refractivity contribution in [1.29, 1.82) is 0 Å². The Bertz CT molecular complexity index is 734. The summed E-state index contributed by atoms with van der Waals surface area (Å²) in [4.78, 5) is 23.1. The highest BCUT2D eigenvalue weighted by atomic mass is 35.5. The number of carboxylic acids is 1. The van der Waals surface area contributed by atoms with Gasteiger partial charge in [-0.3, -0.25) is 4.79 Å². The molecule has 0 atom stereocenters. The number of rotatable bonds is 3. The molecule has 0 aliphatic carbocycles. The largest absolute Gasteiger partial charge is 0.478 e. The third-order valence-corrected chi connectivity index (χ3v) is 3.11. The van der Waals surface area contributed by atoms with Gasteiger partial charge < -0.3 is 10.4 Å². The van der Waals surface area contributed by atoms with E-state index in [0.717, 1.165) is 6.07 Å². The summed E-state index contributed by atoms with van der Waals surface area (Å²) >= 11 is 11.4. The van der Waals surface area contributed by atoms with E-state index in [1.54, 1.807) is 0 Å². The van der Waals surface area contributed by atoms with Crippen LogP contribution in [0.15, 0.2) is 36.4 Å². The first kappa shape index (κ1) is 15.3. The quantitative estimate of drug-likeness (QED) is 0.892. The molecule has 0 heterocycles. The van der Waals surface area contributed by atoms with Crippen LogP contribution in [-0.4, -0.2) is 17.0 Å². The first-order chi connectivity index (χ1) is 9.88. The Morgan fingerprint density at radius 3 is 2.14 bits per heavy atom. The maximum atomic E-state index is 13.7. The molecule has 0 aromatic heterocycles. The van der Waals surface area contributed by atoms with Gasteiger partial charge in [0.05, 0.1) is 16.8 Å². The number of aromatic carboxylic acids is 1. The van der Waals surface area contributed by atoms with Gasteiger partial charge in [-0.1, -0.05) is 23.2 Å². The van der Waals surface area contributed by atoms with E-state index in [1.807, 2.05) is 0 Å². The van der Waals surface area contributed by atoms with Crippen molar-refractivity contribution in [1.82, 2.24) is 0 Å². The fourth-order valence-corrected chi connectivity index (χ4v) is 2.00. The first-order valence-electron chi connectivity index (χ1n) is 5.67. The predicted octanol–water partition coefficient (Wildman–Crippen LogP) is 4.08. The molecule has 0 aliphatic rings. The maximum Gasteiger partial charge on any atom is 0.337 e. The minimum absolute atomic E-state index is 0.0191. The second kappa shape index (κ2) is 6.11. The van der Waals surface area contributed by atoms with Gasteiger partial charge in [-0.25, -0.2) is 9.18 Å². The molecular formula is C14H8Cl2FNO3. The molecule has 0 aliphatic heterocycles. The number of nitrogens with one attached hydrogen (secondary N) is 1. The monoisotopic (exact) mass is 327 g/mol. The summed E-state index contributed by atoms with van der Waals surface area (Å²) in [5.41, 5.74) is -0.424. The SMILES string of the molecule is O=C(Nc1cc(Cl)ccc1C(=O)O)c1ccc(Cl)cc1F. The fraction of sp³-hybridized carbons (Fsp3) is 0. The van der Waals surface area contributed by atoms with Crippen molar-refractivity contribution in [2.24, 2.45) is 0 Å². The molecule has 108 valence electrons. The molecule has 2 aromatic rings. The Morgan fingerprint density at radius 2 is 1.57 bits per heavy atom. The van der Waals surface area contributed by atoms with Crippen LogP contribution in [0.2, 0.25) is 10.0 Å². The van der Waals surface area contributed by atoms with Crippen LogP contribution in [0.25, 0.3) is 0 Å². The van der Waals surface area contributed by atoms with Gasteiger partial charge in [-0.15, -0.1) is 0 Å². The van der Waals surface area contributed by atoms with E-state index in [9.17, 15) is 14.0 Å². The number of hydrogen-bond acceptors (Lipinski definition) is 2. The minimum atomic E-state index is -1.24. The number of amides is 1. The summed E-state index contributed by atoms with van der Waals surface area (Å²) in [5.74, 6) is -2.84. The molecule has 0 saturated carbocycles. The molecule has 0 saturated heterocycles. The number of carboxylic acid groups (broad SMARTS) is 1. The van der Waals surface area contributed by atoms with Gasteiger partial charge in [0, 0.05) is 10.0 Å². The van der Waals surface area contributed by atoms with Crippen molar-refractivity contribution in [2.45, 2.75) is 0 Å². The van der Waals surface area contributed by atoms with Crippen LogP contribution in [0.4, 0.5) is 10.1 Å². The minimum Gasteiger partial charge on any atom is -0.478 e. The molecule has 0 fully saturated rings. The van der Waals surface area contributed by atoms with E-state index in [0.29, 0.717) is 0 Å². The van der Waals surface area contributed by atoms with Crippen LogP contribution in [0, 0.1) is 5.82 Å². The smallest absolute Gasteiger partial charge is 0.337 e. The van der Waals surface area contributed by atoms with E-state index in [4.69, 9.17) is 28.3 Å². The van der Waals surface area contributed by atoms with Crippen molar-refractivity contribution >= 4 is 40.8 Å². The summed E-state index contributed by atoms with van der Waals surface area (Å²) < 4.78 is 13.7. The maximum absolute atomic E-state index is 13.7. The summed E-state index contributed by atoms with van der Waals surface area (Å²) in [6.45, 7) is 0. The van der Waals surface area contributed by atoms with Crippen LogP contribution < -0.4 is 5.32 Å². The number of carbonyl (C=O) groups excluding carboxylic acids is 1. The summed E-state index contributed by atoms with van der Waals surface area (Å²) in [6.07, 6.45) is 0. The molecule has 2 N–H and O–H groups in total. The van der Waals surface area contributed by atoms with Crippen molar-refractivity contribution in [3.63, 3.8) is 0 Å². The highest BCUT2D eigenvalue weighted by Gasteiger charge is 2.16. The second-order valence-corrected chi connectivity index (χ2v) is 4.95. The highest BCUT2D eigenvalue weighted by molar-refractivity contribution is 6.31. The average molecular weight is 328 g/mol. The Hall–Kier alpha value is -2.11. The van der Waals surface area contributed by atoms with Crippen LogP contribution in [0.3, 0.4) is 0 Å². The standard InChI is InChI=1S/C14H8Cl2FNO3/c15-7-1-3-9(11(17)5-7)13(19)18-12-6-8(16)2-4-10(12)14(20)21/h1-6H,(H,18,19)(H,20,21). The zero-order valence-electron chi connectivity index (χ0n) is 10.4. The number of carbonyl (C=O) groups is 2. The fourth-order valence-electron chi connectivity index (χ4n) is 1.67. The molecule has 0 unspecified atom stereocenters. The van der Waals surface area contributed by atoms with Crippen molar-refractivity contribution in [2.75, 3.05) is 5.32 Å². The van der Waals surface area contributed by atoms with E-state index in [2.05, 4.69) is 5.32 Å². The van der Waals surface area contributed by atoms with E-state index >= 15 is 0 Å². The summed E-state index contributed by atoms with van der Waals surface area (Å²) in [7, 11) is 0. The summed E-state index contributed by atoms with van der Waals surface area (Å²) in [5, 5.41) is 11.8. The third kappa shape index (κ3) is 3.51. The van der Waals surface area contributed by atoms with Crippen LogP contribution >= 0.6 is 23.2 Å². The Balaban J connectivity index is 2.35. The van der Waals surface area contributed by atoms with Gasteiger partial charge in [0.25, 0.3) is 5.91 Å². The van der Waals surface area contributed by atoms with Crippen molar-refractivity contribution in [3.05, 3.63) is 63.4 Å². The number of halogens is 3. The lowest BCUT2D eigenvalue weighted by Crippen LogP contribution is -2.16. The molecule has 2 aromatic carbocycles. The first-order valence-corrected chi connectivity index (χ1v) is 6.43. The van der Waals surface area contributed by atoms with Crippen LogP contribution in [0.5, 0.6) is 0 Å². The summed E-state index contributed by atoms with van der Waals surface area (Å²) in [6, 6.07) is 7.46. The molecule has 0 spiro atoms. The van der Waals surface area contributed by atoms with Crippen molar-refractivity contribution in [3.8, 4) is 0 Å². The number of anilines is 1. The van der Waals surface area contributed by atoms with Crippen LogP contribution in [-0.2, 0) is 0 Å². The Morgan fingerprint density at radius 1 is 1.00 bits per heavy atom. The van der Waals surface area contributed by atoms with Gasteiger partial charge >= 0.3 is 5.97 Å². The molecule has 0 radical (unpaired) electrons. The average Bonchev–Trinajstić information content (AvgIpc) is 2.37. The molecule has 7 heteroatoms. The Kier molecular flexibility index (Phi) is 4.45. The number of benzene rings is 2. The third-order valence-electron chi connectivity index (χ3n) is 2.64. The van der Waals surface area contributed by atoms with Crippen LogP contribution in [0.1, 0.15) is 20.7 Å². The molecule has 0 bridgehead atoms. The van der Waals surface area contributed by atoms with Gasteiger partial charge in [0.1, 0.15) is 5.82 Å². The normalized spacial score (nSPS) is 10.2. The van der Waals surface area contributed by atoms with Gasteiger partial charge in [0.2, 0.25) is 0 Å². The molecule has 21 heavy (non-hydrogen) atoms. The number of hydrogen-bond donors (Lipinski definition) is 2.